The van der Waals surface area contributed by atoms with Crippen LogP contribution in [-0.2, 0) is 24.4 Å². The Morgan fingerprint density at radius 2 is 2.13 bits per heavy atom. The van der Waals surface area contributed by atoms with Crippen molar-refractivity contribution in [3.8, 4) is 5.75 Å². The molecule has 1 aliphatic heterocycles. The van der Waals surface area contributed by atoms with E-state index in [1.165, 1.54) is 10.4 Å². The number of pyridine rings is 1. The number of carbonyl (C=O) groups is 2. The number of aromatic nitrogens is 1. The number of benzene rings is 1. The highest BCUT2D eigenvalue weighted by atomic mass is 32.1. The molecule has 4 rings (SSSR count). The molecule has 0 spiro atoms. The predicted octanol–water partition coefficient (Wildman–Crippen LogP) is 3.43. The van der Waals surface area contributed by atoms with E-state index in [9.17, 15) is 9.59 Å². The zero-order chi connectivity index (χ0) is 20.8. The lowest BCUT2D eigenvalue weighted by molar-refractivity contribution is -0.131. The Hall–Kier alpha value is -3.19. The summed E-state index contributed by atoms with van der Waals surface area (Å²) in [6, 6.07) is 12.9. The Kier molecular flexibility index (Phi) is 6.39. The highest BCUT2D eigenvalue weighted by molar-refractivity contribution is 7.10. The Bertz CT molecular complexity index is 1020. The summed E-state index contributed by atoms with van der Waals surface area (Å²) in [5, 5.41) is 4.91. The Labute approximate surface area is 179 Å². The van der Waals surface area contributed by atoms with Crippen molar-refractivity contribution in [1.82, 2.24) is 15.2 Å². The van der Waals surface area contributed by atoms with Crippen LogP contribution < -0.4 is 10.1 Å². The van der Waals surface area contributed by atoms with Crippen LogP contribution in [-0.4, -0.2) is 34.8 Å². The van der Waals surface area contributed by atoms with E-state index < -0.39 is 0 Å². The van der Waals surface area contributed by atoms with Gasteiger partial charge in [0.15, 0.2) is 0 Å². The third-order valence-electron chi connectivity index (χ3n) is 5.01. The van der Waals surface area contributed by atoms with Gasteiger partial charge in [0.2, 0.25) is 5.91 Å². The monoisotopic (exact) mass is 421 g/mol. The zero-order valence-corrected chi connectivity index (χ0v) is 17.4. The number of thiophene rings is 1. The van der Waals surface area contributed by atoms with Gasteiger partial charge in [-0.2, -0.15) is 0 Å². The molecule has 30 heavy (non-hydrogen) atoms. The first kappa shape index (κ1) is 20.1. The number of ether oxygens (including phenoxy) is 1. The van der Waals surface area contributed by atoms with Crippen LogP contribution in [0.5, 0.6) is 5.75 Å². The number of fused-ring (bicyclic) bond motifs is 1. The maximum atomic E-state index is 12.5. The number of nitrogens with one attached hydrogen (secondary N) is 1. The number of carbonyl (C=O) groups excluding carboxylic acids is 2. The smallest absolute Gasteiger partial charge is 0.251 e. The second-order valence-electron chi connectivity index (χ2n) is 7.12. The molecule has 0 unspecified atom stereocenters. The number of amides is 2. The first-order chi connectivity index (χ1) is 14.7. The summed E-state index contributed by atoms with van der Waals surface area (Å²) in [6.45, 7) is 2.11. The lowest BCUT2D eigenvalue weighted by atomic mass is 10.1. The Balaban J connectivity index is 1.24. The number of rotatable bonds is 7. The van der Waals surface area contributed by atoms with Crippen molar-refractivity contribution in [2.75, 3.05) is 13.1 Å². The van der Waals surface area contributed by atoms with Gasteiger partial charge in [-0.05, 0) is 47.7 Å². The molecule has 6 nitrogen and oxygen atoms in total. The van der Waals surface area contributed by atoms with E-state index in [1.807, 2.05) is 23.1 Å². The molecule has 1 aliphatic rings. The van der Waals surface area contributed by atoms with Gasteiger partial charge in [0.05, 0.1) is 0 Å². The minimum absolute atomic E-state index is 0.0701. The van der Waals surface area contributed by atoms with Crippen molar-refractivity contribution in [1.29, 1.82) is 0 Å². The summed E-state index contributed by atoms with van der Waals surface area (Å²) in [6.07, 6.45) is 4.66. The Morgan fingerprint density at radius 3 is 3.00 bits per heavy atom. The van der Waals surface area contributed by atoms with Crippen LogP contribution >= 0.6 is 11.3 Å². The van der Waals surface area contributed by atoms with Crippen LogP contribution in [0.3, 0.4) is 0 Å². The minimum Gasteiger partial charge on any atom is -0.489 e. The summed E-state index contributed by atoms with van der Waals surface area (Å²) in [7, 11) is 0. The molecule has 3 heterocycles. The van der Waals surface area contributed by atoms with Gasteiger partial charge in [-0.15, -0.1) is 11.3 Å². The average molecular weight is 422 g/mol. The third-order valence-corrected chi connectivity index (χ3v) is 6.03. The quantitative estimate of drug-likeness (QED) is 0.635. The fourth-order valence-electron chi connectivity index (χ4n) is 3.38. The summed E-state index contributed by atoms with van der Waals surface area (Å²) in [5.74, 6) is 0.469. The molecule has 7 heteroatoms. The van der Waals surface area contributed by atoms with E-state index in [0.29, 0.717) is 37.4 Å². The van der Waals surface area contributed by atoms with Gasteiger partial charge in [0, 0.05) is 54.5 Å². The molecule has 0 saturated heterocycles. The molecule has 0 radical (unpaired) electrons. The minimum atomic E-state index is -0.214. The van der Waals surface area contributed by atoms with Crippen molar-refractivity contribution in [2.45, 2.75) is 26.0 Å². The van der Waals surface area contributed by atoms with E-state index in [1.54, 1.807) is 41.9 Å². The molecule has 0 bridgehead atoms. The molecular formula is C23H23N3O3S. The summed E-state index contributed by atoms with van der Waals surface area (Å²) < 4.78 is 5.75. The standard InChI is InChI=1S/C23H23N3O3S/c27-22(26-11-7-21-19(15-26)8-12-30-21)6-10-25-23(28)18-4-1-5-20(13-18)29-16-17-3-2-9-24-14-17/h1-5,8-9,12-14H,6-7,10-11,15-16H2,(H,25,28). The molecule has 0 saturated carbocycles. The topological polar surface area (TPSA) is 71.5 Å². The molecule has 0 fully saturated rings. The first-order valence-corrected chi connectivity index (χ1v) is 10.8. The van der Waals surface area contributed by atoms with Gasteiger partial charge >= 0.3 is 0 Å². The number of hydrogen-bond donors (Lipinski definition) is 1. The predicted molar refractivity (Wildman–Crippen MR) is 115 cm³/mol. The van der Waals surface area contributed by atoms with Crippen molar-refractivity contribution in [2.24, 2.45) is 0 Å². The van der Waals surface area contributed by atoms with E-state index in [4.69, 9.17) is 4.74 Å². The third kappa shape index (κ3) is 5.04. The van der Waals surface area contributed by atoms with Gasteiger partial charge in [0.1, 0.15) is 12.4 Å². The van der Waals surface area contributed by atoms with Crippen LogP contribution in [0.15, 0.2) is 60.2 Å². The number of nitrogens with zero attached hydrogens (tertiary/aromatic N) is 2. The maximum Gasteiger partial charge on any atom is 0.251 e. The van der Waals surface area contributed by atoms with E-state index >= 15 is 0 Å². The second kappa shape index (κ2) is 9.54. The van der Waals surface area contributed by atoms with Gasteiger partial charge in [0.25, 0.3) is 5.91 Å². The number of hydrogen-bond acceptors (Lipinski definition) is 5. The lowest BCUT2D eigenvalue weighted by Crippen LogP contribution is -2.37. The summed E-state index contributed by atoms with van der Waals surface area (Å²) in [4.78, 5) is 32.2. The van der Waals surface area contributed by atoms with Gasteiger partial charge < -0.3 is 15.0 Å². The highest BCUT2D eigenvalue weighted by Crippen LogP contribution is 2.24. The van der Waals surface area contributed by atoms with Crippen molar-refractivity contribution >= 4 is 23.2 Å². The fourth-order valence-corrected chi connectivity index (χ4v) is 4.27. The molecule has 154 valence electrons. The molecule has 0 atom stereocenters. The van der Waals surface area contributed by atoms with Crippen LogP contribution in [0.4, 0.5) is 0 Å². The van der Waals surface area contributed by atoms with Gasteiger partial charge in [-0.1, -0.05) is 12.1 Å². The lowest BCUT2D eigenvalue weighted by Gasteiger charge is -2.27. The summed E-state index contributed by atoms with van der Waals surface area (Å²) in [5.41, 5.74) is 2.71. The molecule has 0 aliphatic carbocycles. The first-order valence-electron chi connectivity index (χ1n) is 9.92. The van der Waals surface area contributed by atoms with Crippen LogP contribution in [0, 0.1) is 0 Å². The van der Waals surface area contributed by atoms with Crippen molar-refractivity contribution < 1.29 is 14.3 Å². The van der Waals surface area contributed by atoms with Crippen molar-refractivity contribution in [3.05, 3.63) is 81.8 Å². The Morgan fingerprint density at radius 1 is 1.20 bits per heavy atom. The zero-order valence-electron chi connectivity index (χ0n) is 16.5. The van der Waals surface area contributed by atoms with E-state index in [2.05, 4.69) is 21.7 Å². The second-order valence-corrected chi connectivity index (χ2v) is 8.12. The van der Waals surface area contributed by atoms with Crippen molar-refractivity contribution in [3.63, 3.8) is 0 Å². The summed E-state index contributed by atoms with van der Waals surface area (Å²) >= 11 is 1.75. The highest BCUT2D eigenvalue weighted by Gasteiger charge is 2.21. The molecule has 1 aromatic carbocycles. The van der Waals surface area contributed by atoms with Crippen LogP contribution in [0.2, 0.25) is 0 Å². The fraction of sp³-hybridized carbons (Fsp3) is 0.261. The van der Waals surface area contributed by atoms with E-state index in [0.717, 1.165) is 18.5 Å². The molecule has 1 N–H and O–H groups in total. The average Bonchev–Trinajstić information content (AvgIpc) is 3.26. The van der Waals surface area contributed by atoms with Crippen LogP contribution in [0.25, 0.3) is 0 Å². The molecular weight excluding hydrogens is 398 g/mol. The SMILES string of the molecule is O=C(NCCC(=O)N1CCc2sccc2C1)c1cccc(OCc2cccnc2)c1. The normalized spacial score (nSPS) is 12.9. The van der Waals surface area contributed by atoms with Crippen LogP contribution in [0.1, 0.15) is 32.8 Å². The van der Waals surface area contributed by atoms with E-state index in [-0.39, 0.29) is 11.8 Å². The largest absolute Gasteiger partial charge is 0.489 e. The molecule has 2 aromatic heterocycles. The van der Waals surface area contributed by atoms with Gasteiger partial charge in [-0.3, -0.25) is 14.6 Å². The molecule has 3 aromatic rings. The van der Waals surface area contributed by atoms with Gasteiger partial charge in [-0.25, -0.2) is 0 Å². The maximum absolute atomic E-state index is 12.5. The molecule has 2 amide bonds.